The van der Waals surface area contributed by atoms with E-state index in [1.54, 1.807) is 0 Å². The average molecular weight is 268 g/mol. The van der Waals surface area contributed by atoms with Gasteiger partial charge in [-0.25, -0.2) is 0 Å². The molecule has 3 N–H and O–H groups in total. The van der Waals surface area contributed by atoms with Gasteiger partial charge in [0.15, 0.2) is 0 Å². The van der Waals surface area contributed by atoms with Crippen molar-refractivity contribution in [2.75, 3.05) is 0 Å². The van der Waals surface area contributed by atoms with Crippen LogP contribution in [0.25, 0.3) is 0 Å². The maximum Gasteiger partial charge on any atom is 0.220 e. The predicted octanol–water partition coefficient (Wildman–Crippen LogP) is 2.24. The Morgan fingerprint density at radius 1 is 1.39 bits per heavy atom. The second-order valence-electron chi connectivity index (χ2n) is 6.33. The molecule has 18 heavy (non-hydrogen) atoms. The van der Waals surface area contributed by atoms with Crippen LogP contribution in [-0.4, -0.2) is 16.9 Å². The number of thiocarbonyl (C=S) groups is 1. The Kier molecular flexibility index (Phi) is 4.25. The molecule has 0 saturated heterocycles. The molecule has 0 spiro atoms. The summed E-state index contributed by atoms with van der Waals surface area (Å²) in [5.41, 5.74) is 5.67. The Labute approximate surface area is 115 Å². The van der Waals surface area contributed by atoms with Crippen molar-refractivity contribution in [2.24, 2.45) is 29.4 Å². The molecule has 2 bridgehead atoms. The molecule has 0 heterocycles. The molecule has 0 aliphatic heterocycles. The number of fused-ring (bicyclic) bond motifs is 2. The van der Waals surface area contributed by atoms with Crippen LogP contribution in [0.4, 0.5) is 0 Å². The highest BCUT2D eigenvalue weighted by Gasteiger charge is 2.40. The van der Waals surface area contributed by atoms with Crippen LogP contribution in [0.15, 0.2) is 0 Å². The summed E-state index contributed by atoms with van der Waals surface area (Å²) in [7, 11) is 0. The number of nitrogens with two attached hydrogens (primary N) is 1. The number of nitrogens with one attached hydrogen (secondary N) is 1. The topological polar surface area (TPSA) is 55.1 Å². The maximum absolute atomic E-state index is 12.1. The van der Waals surface area contributed by atoms with Crippen molar-refractivity contribution in [1.29, 1.82) is 0 Å². The zero-order valence-electron chi connectivity index (χ0n) is 11.3. The lowest BCUT2D eigenvalue weighted by molar-refractivity contribution is -0.122. The van der Waals surface area contributed by atoms with Crippen molar-refractivity contribution in [1.82, 2.24) is 5.32 Å². The Bertz CT molecular complexity index is 343. The smallest absolute Gasteiger partial charge is 0.220 e. The molecule has 1 amide bonds. The Hall–Kier alpha value is -0.640. The van der Waals surface area contributed by atoms with E-state index in [-0.39, 0.29) is 17.9 Å². The highest BCUT2D eigenvalue weighted by atomic mass is 32.1. The lowest BCUT2D eigenvalue weighted by atomic mass is 9.86. The van der Waals surface area contributed by atoms with E-state index < -0.39 is 0 Å². The van der Waals surface area contributed by atoms with E-state index in [1.807, 2.05) is 13.8 Å². The largest absolute Gasteiger partial charge is 0.392 e. The lowest BCUT2D eigenvalue weighted by Gasteiger charge is -2.24. The van der Waals surface area contributed by atoms with Crippen molar-refractivity contribution >= 4 is 23.1 Å². The first-order chi connectivity index (χ1) is 8.47. The average Bonchev–Trinajstić information content (AvgIpc) is 2.86. The highest BCUT2D eigenvalue weighted by Crippen LogP contribution is 2.49. The summed E-state index contributed by atoms with van der Waals surface area (Å²) in [4.78, 5) is 12.5. The van der Waals surface area contributed by atoms with Gasteiger partial charge < -0.3 is 11.1 Å². The van der Waals surface area contributed by atoms with Crippen molar-refractivity contribution in [3.8, 4) is 0 Å². The van der Waals surface area contributed by atoms with Crippen LogP contribution in [0.5, 0.6) is 0 Å². The highest BCUT2D eigenvalue weighted by molar-refractivity contribution is 7.80. The molecule has 4 atom stereocenters. The molecule has 4 heteroatoms. The van der Waals surface area contributed by atoms with Gasteiger partial charge in [-0.05, 0) is 42.9 Å². The standard InChI is InChI=1S/C14H24N2OS/c1-8(2)13(14(15)18)16-12(17)7-11-6-9-3-4-10(11)5-9/h8-11,13H,3-7H2,1-2H3,(H2,15,18)(H,16,17). The number of rotatable bonds is 5. The number of carbonyl (C=O) groups is 1. The third-order valence-corrected chi connectivity index (χ3v) is 4.88. The van der Waals surface area contributed by atoms with Gasteiger partial charge in [0.05, 0.1) is 11.0 Å². The van der Waals surface area contributed by atoms with Crippen LogP contribution in [-0.2, 0) is 4.79 Å². The quantitative estimate of drug-likeness (QED) is 0.752. The van der Waals surface area contributed by atoms with E-state index >= 15 is 0 Å². The molecule has 0 aromatic rings. The molecule has 102 valence electrons. The van der Waals surface area contributed by atoms with Crippen LogP contribution in [0.3, 0.4) is 0 Å². The molecule has 0 aromatic carbocycles. The summed E-state index contributed by atoms with van der Waals surface area (Å²) in [6.45, 7) is 4.06. The fourth-order valence-electron chi connectivity index (χ4n) is 3.66. The molecule has 2 fully saturated rings. The Balaban J connectivity index is 1.83. The van der Waals surface area contributed by atoms with Gasteiger partial charge in [0.25, 0.3) is 0 Å². The lowest BCUT2D eigenvalue weighted by Crippen LogP contribution is -2.47. The van der Waals surface area contributed by atoms with E-state index in [1.165, 1.54) is 25.7 Å². The van der Waals surface area contributed by atoms with Gasteiger partial charge in [-0.15, -0.1) is 0 Å². The molecule has 2 aliphatic rings. The third kappa shape index (κ3) is 3.02. The molecular formula is C14H24N2OS. The van der Waals surface area contributed by atoms with Gasteiger partial charge >= 0.3 is 0 Å². The minimum atomic E-state index is -0.161. The van der Waals surface area contributed by atoms with Crippen molar-refractivity contribution < 1.29 is 4.79 Å². The first-order valence-electron chi connectivity index (χ1n) is 7.06. The number of hydrogen-bond donors (Lipinski definition) is 2. The fraction of sp³-hybridized carbons (Fsp3) is 0.857. The fourth-order valence-corrected chi connectivity index (χ4v) is 3.99. The van der Waals surface area contributed by atoms with Crippen molar-refractivity contribution in [3.05, 3.63) is 0 Å². The summed E-state index contributed by atoms with van der Waals surface area (Å²) in [6, 6.07) is -0.161. The van der Waals surface area contributed by atoms with Gasteiger partial charge in [0, 0.05) is 6.42 Å². The zero-order valence-corrected chi connectivity index (χ0v) is 12.1. The van der Waals surface area contributed by atoms with Crippen LogP contribution >= 0.6 is 12.2 Å². The first kappa shape index (κ1) is 13.8. The normalized spacial score (nSPS) is 31.6. The maximum atomic E-state index is 12.1. The summed E-state index contributed by atoms with van der Waals surface area (Å²) in [6.07, 6.45) is 5.96. The minimum absolute atomic E-state index is 0.124. The van der Waals surface area contributed by atoms with Gasteiger partial charge in [0.1, 0.15) is 0 Å². The van der Waals surface area contributed by atoms with Crippen LogP contribution < -0.4 is 11.1 Å². The van der Waals surface area contributed by atoms with Crippen molar-refractivity contribution in [2.45, 2.75) is 52.0 Å². The molecule has 0 aromatic heterocycles. The van der Waals surface area contributed by atoms with Gasteiger partial charge in [-0.2, -0.15) is 0 Å². The van der Waals surface area contributed by atoms with E-state index in [0.717, 1.165) is 11.8 Å². The van der Waals surface area contributed by atoms with Gasteiger partial charge in [-0.3, -0.25) is 4.79 Å². The van der Waals surface area contributed by atoms with Crippen LogP contribution in [0.2, 0.25) is 0 Å². The van der Waals surface area contributed by atoms with Crippen LogP contribution in [0, 0.1) is 23.7 Å². The summed E-state index contributed by atoms with van der Waals surface area (Å²) in [5, 5.41) is 3.00. The molecular weight excluding hydrogens is 244 g/mol. The Morgan fingerprint density at radius 2 is 2.11 bits per heavy atom. The second-order valence-corrected chi connectivity index (χ2v) is 6.80. The monoisotopic (exact) mass is 268 g/mol. The van der Waals surface area contributed by atoms with Crippen LogP contribution in [0.1, 0.15) is 46.0 Å². The summed E-state index contributed by atoms with van der Waals surface area (Å²) in [5.74, 6) is 2.67. The molecule has 2 aliphatic carbocycles. The third-order valence-electron chi connectivity index (χ3n) is 4.62. The van der Waals surface area contributed by atoms with Gasteiger partial charge in [-0.1, -0.05) is 32.5 Å². The second kappa shape index (κ2) is 5.55. The number of hydrogen-bond acceptors (Lipinski definition) is 2. The van der Waals surface area contributed by atoms with E-state index in [4.69, 9.17) is 18.0 Å². The van der Waals surface area contributed by atoms with E-state index in [9.17, 15) is 4.79 Å². The minimum Gasteiger partial charge on any atom is -0.392 e. The summed E-state index contributed by atoms with van der Waals surface area (Å²) >= 11 is 5.01. The predicted molar refractivity (Wildman–Crippen MR) is 77.1 cm³/mol. The first-order valence-corrected chi connectivity index (χ1v) is 7.47. The number of amides is 1. The van der Waals surface area contributed by atoms with E-state index in [2.05, 4.69) is 5.32 Å². The number of carbonyl (C=O) groups excluding carboxylic acids is 1. The van der Waals surface area contributed by atoms with Gasteiger partial charge in [0.2, 0.25) is 5.91 Å². The molecule has 4 unspecified atom stereocenters. The SMILES string of the molecule is CC(C)C(NC(=O)CC1CC2CCC1C2)C(N)=S. The molecule has 3 nitrogen and oxygen atoms in total. The molecule has 0 radical (unpaired) electrons. The zero-order chi connectivity index (χ0) is 13.3. The molecule has 2 saturated carbocycles. The molecule has 2 rings (SSSR count). The van der Waals surface area contributed by atoms with E-state index in [0.29, 0.717) is 17.3 Å². The van der Waals surface area contributed by atoms with Crippen molar-refractivity contribution in [3.63, 3.8) is 0 Å². The Morgan fingerprint density at radius 3 is 2.56 bits per heavy atom. The summed E-state index contributed by atoms with van der Waals surface area (Å²) < 4.78 is 0.